The highest BCUT2D eigenvalue weighted by Gasteiger charge is 2.09. The molecule has 0 bridgehead atoms. The first-order chi connectivity index (χ1) is 11.2. The third kappa shape index (κ3) is 5.92. The molecule has 1 aromatic carbocycles. The van der Waals surface area contributed by atoms with Gasteiger partial charge in [-0.1, -0.05) is 12.1 Å². The fourth-order valence-corrected chi connectivity index (χ4v) is 2.86. The Hall–Kier alpha value is -2.05. The molecule has 3 N–H and O–H groups in total. The normalized spacial score (nSPS) is 11.7. The van der Waals surface area contributed by atoms with Gasteiger partial charge in [-0.05, 0) is 52.9 Å². The van der Waals surface area contributed by atoms with E-state index in [0.717, 1.165) is 24.2 Å². The zero-order valence-corrected chi connectivity index (χ0v) is 13.9. The van der Waals surface area contributed by atoms with E-state index in [0.29, 0.717) is 6.54 Å². The maximum Gasteiger partial charge on any atom is 0.314 e. The van der Waals surface area contributed by atoms with E-state index in [2.05, 4.69) is 10.6 Å². The van der Waals surface area contributed by atoms with Gasteiger partial charge in [0.1, 0.15) is 5.75 Å². The molecule has 1 atom stereocenters. The smallest absolute Gasteiger partial charge is 0.314 e. The van der Waals surface area contributed by atoms with Crippen LogP contribution < -0.4 is 15.4 Å². The minimum Gasteiger partial charge on any atom is -0.497 e. The molecule has 0 saturated carbocycles. The summed E-state index contributed by atoms with van der Waals surface area (Å²) in [6.45, 7) is 0.788. The lowest BCUT2D eigenvalue weighted by Gasteiger charge is -2.11. The molecule has 5 nitrogen and oxygen atoms in total. The number of aryl methyl sites for hydroxylation is 1. The molecule has 23 heavy (non-hydrogen) atoms. The Balaban J connectivity index is 1.61. The molecule has 0 aliphatic rings. The molecule has 0 aliphatic carbocycles. The van der Waals surface area contributed by atoms with Crippen molar-refractivity contribution in [3.05, 3.63) is 52.2 Å². The summed E-state index contributed by atoms with van der Waals surface area (Å²) >= 11 is 1.52. The number of thiophene rings is 1. The Morgan fingerprint density at radius 1 is 1.35 bits per heavy atom. The Bertz CT molecular complexity index is 602. The lowest BCUT2D eigenvalue weighted by Crippen LogP contribution is -2.38. The van der Waals surface area contributed by atoms with Gasteiger partial charge < -0.3 is 20.5 Å². The number of carbonyl (C=O) groups excluding carboxylic acids is 1. The molecule has 2 aromatic rings. The van der Waals surface area contributed by atoms with Gasteiger partial charge in [0, 0.05) is 13.1 Å². The highest BCUT2D eigenvalue weighted by Crippen LogP contribution is 2.15. The minimum absolute atomic E-state index is 0.207. The van der Waals surface area contributed by atoms with Crippen LogP contribution in [0.4, 0.5) is 4.79 Å². The number of nitrogens with one attached hydrogen (secondary N) is 2. The summed E-state index contributed by atoms with van der Waals surface area (Å²) in [5.74, 6) is 0.843. The van der Waals surface area contributed by atoms with Gasteiger partial charge in [-0.2, -0.15) is 11.3 Å². The van der Waals surface area contributed by atoms with Crippen LogP contribution >= 0.6 is 11.3 Å². The van der Waals surface area contributed by atoms with Crippen LogP contribution in [0.15, 0.2) is 41.1 Å². The van der Waals surface area contributed by atoms with Gasteiger partial charge in [-0.15, -0.1) is 0 Å². The van der Waals surface area contributed by atoms with Gasteiger partial charge in [0.15, 0.2) is 0 Å². The number of aliphatic hydroxyl groups is 1. The van der Waals surface area contributed by atoms with Crippen LogP contribution in [0.5, 0.6) is 5.75 Å². The summed E-state index contributed by atoms with van der Waals surface area (Å²) in [4.78, 5) is 11.7. The van der Waals surface area contributed by atoms with Crippen molar-refractivity contribution in [3.8, 4) is 5.75 Å². The van der Waals surface area contributed by atoms with E-state index >= 15 is 0 Å². The van der Waals surface area contributed by atoms with Crippen LogP contribution in [0, 0.1) is 0 Å². The summed E-state index contributed by atoms with van der Waals surface area (Å²) in [6, 6.07) is 9.50. The van der Waals surface area contributed by atoms with Crippen LogP contribution in [-0.4, -0.2) is 31.3 Å². The zero-order valence-electron chi connectivity index (χ0n) is 13.1. The molecule has 0 radical (unpaired) electrons. The third-order valence-electron chi connectivity index (χ3n) is 3.45. The molecule has 2 rings (SSSR count). The predicted octanol–water partition coefficient (Wildman–Crippen LogP) is 2.72. The SMILES string of the molecule is COc1cccc(CCCNC(=O)NCC(O)c2ccsc2)c1. The van der Waals surface area contributed by atoms with Crippen molar-refractivity contribution in [2.75, 3.05) is 20.2 Å². The number of aliphatic hydroxyl groups excluding tert-OH is 1. The second kappa shape index (κ2) is 9.17. The molecule has 1 heterocycles. The third-order valence-corrected chi connectivity index (χ3v) is 4.15. The number of methoxy groups -OCH3 is 1. The number of benzene rings is 1. The van der Waals surface area contributed by atoms with E-state index in [1.165, 1.54) is 16.9 Å². The number of ether oxygens (including phenoxy) is 1. The molecule has 6 heteroatoms. The molecule has 0 spiro atoms. The summed E-state index contributed by atoms with van der Waals surface area (Å²) in [6.07, 6.45) is 1.05. The van der Waals surface area contributed by atoms with Gasteiger partial charge in [-0.25, -0.2) is 4.79 Å². The summed E-state index contributed by atoms with van der Waals surface area (Å²) < 4.78 is 5.18. The zero-order chi connectivity index (χ0) is 16.5. The van der Waals surface area contributed by atoms with Crippen molar-refractivity contribution in [1.29, 1.82) is 0 Å². The van der Waals surface area contributed by atoms with E-state index in [1.54, 1.807) is 7.11 Å². The minimum atomic E-state index is -0.663. The summed E-state index contributed by atoms with van der Waals surface area (Å²) in [5.41, 5.74) is 2.01. The lowest BCUT2D eigenvalue weighted by atomic mass is 10.1. The number of hydrogen-bond acceptors (Lipinski definition) is 4. The Morgan fingerprint density at radius 3 is 2.96 bits per heavy atom. The summed E-state index contributed by atoms with van der Waals surface area (Å²) in [7, 11) is 1.65. The van der Waals surface area contributed by atoms with Crippen molar-refractivity contribution in [2.45, 2.75) is 18.9 Å². The quantitative estimate of drug-likeness (QED) is 0.650. The molecule has 0 fully saturated rings. The molecule has 1 unspecified atom stereocenters. The van der Waals surface area contributed by atoms with E-state index in [4.69, 9.17) is 4.74 Å². The van der Waals surface area contributed by atoms with Crippen LogP contribution in [0.2, 0.25) is 0 Å². The maximum atomic E-state index is 11.7. The van der Waals surface area contributed by atoms with E-state index in [9.17, 15) is 9.90 Å². The first kappa shape index (κ1) is 17.3. The van der Waals surface area contributed by atoms with E-state index in [1.807, 2.05) is 41.1 Å². The largest absolute Gasteiger partial charge is 0.497 e. The van der Waals surface area contributed by atoms with Crippen molar-refractivity contribution < 1.29 is 14.6 Å². The molecule has 2 amide bonds. The number of hydrogen-bond donors (Lipinski definition) is 3. The first-order valence-corrected chi connectivity index (χ1v) is 8.48. The van der Waals surface area contributed by atoms with Gasteiger partial charge in [0.2, 0.25) is 0 Å². The number of carbonyl (C=O) groups is 1. The number of amides is 2. The average molecular weight is 334 g/mol. The van der Waals surface area contributed by atoms with Crippen LogP contribution in [0.3, 0.4) is 0 Å². The highest BCUT2D eigenvalue weighted by atomic mass is 32.1. The predicted molar refractivity (Wildman–Crippen MR) is 92.0 cm³/mol. The second-order valence-electron chi connectivity index (χ2n) is 5.16. The highest BCUT2D eigenvalue weighted by molar-refractivity contribution is 7.07. The number of rotatable bonds is 8. The Labute approximate surface area is 140 Å². The van der Waals surface area contributed by atoms with Gasteiger partial charge in [-0.3, -0.25) is 0 Å². The molecule has 1 aromatic heterocycles. The van der Waals surface area contributed by atoms with Crippen molar-refractivity contribution in [1.82, 2.24) is 10.6 Å². The lowest BCUT2D eigenvalue weighted by molar-refractivity contribution is 0.173. The molecule has 0 saturated heterocycles. The fourth-order valence-electron chi connectivity index (χ4n) is 2.16. The molecular weight excluding hydrogens is 312 g/mol. The van der Waals surface area contributed by atoms with Gasteiger partial charge in [0.05, 0.1) is 13.2 Å². The van der Waals surface area contributed by atoms with Crippen LogP contribution in [0.1, 0.15) is 23.7 Å². The van der Waals surface area contributed by atoms with Crippen LogP contribution in [-0.2, 0) is 6.42 Å². The van der Waals surface area contributed by atoms with E-state index in [-0.39, 0.29) is 12.6 Å². The van der Waals surface area contributed by atoms with Gasteiger partial charge in [0.25, 0.3) is 0 Å². The second-order valence-corrected chi connectivity index (χ2v) is 5.94. The molecule has 124 valence electrons. The van der Waals surface area contributed by atoms with E-state index < -0.39 is 6.10 Å². The molecular formula is C17H22N2O3S. The monoisotopic (exact) mass is 334 g/mol. The maximum absolute atomic E-state index is 11.7. The Morgan fingerprint density at radius 2 is 2.22 bits per heavy atom. The fraction of sp³-hybridized carbons (Fsp3) is 0.353. The summed E-state index contributed by atoms with van der Waals surface area (Å²) in [5, 5.41) is 19.1. The topological polar surface area (TPSA) is 70.6 Å². The van der Waals surface area contributed by atoms with Gasteiger partial charge >= 0.3 is 6.03 Å². The average Bonchev–Trinajstić information content (AvgIpc) is 3.11. The first-order valence-electron chi connectivity index (χ1n) is 7.54. The van der Waals surface area contributed by atoms with Crippen molar-refractivity contribution in [3.63, 3.8) is 0 Å². The number of urea groups is 1. The molecule has 0 aliphatic heterocycles. The van der Waals surface area contributed by atoms with Crippen molar-refractivity contribution in [2.24, 2.45) is 0 Å². The Kier molecular flexibility index (Phi) is 6.90. The van der Waals surface area contributed by atoms with Crippen LogP contribution in [0.25, 0.3) is 0 Å². The van der Waals surface area contributed by atoms with Crippen molar-refractivity contribution >= 4 is 17.4 Å². The standard InChI is InChI=1S/C17H22N2O3S/c1-22-15-6-2-4-13(10-15)5-3-8-18-17(21)19-11-16(20)14-7-9-23-12-14/h2,4,6-7,9-10,12,16,20H,3,5,8,11H2,1H3,(H2,18,19,21).